The van der Waals surface area contributed by atoms with Gasteiger partial charge in [-0.15, -0.1) is 11.3 Å². The Morgan fingerprint density at radius 2 is 1.78 bits per heavy atom. The summed E-state index contributed by atoms with van der Waals surface area (Å²) in [5, 5.41) is 5.08. The summed E-state index contributed by atoms with van der Waals surface area (Å²) in [5.74, 6) is -0.170. The molecule has 0 fully saturated rings. The molecule has 1 aromatic heterocycles. The molecule has 1 heterocycles. The lowest BCUT2D eigenvalue weighted by Crippen LogP contribution is -2.24. The van der Waals surface area contributed by atoms with Crippen molar-refractivity contribution in [3.05, 3.63) is 79.7 Å². The van der Waals surface area contributed by atoms with Gasteiger partial charge in [0.15, 0.2) is 5.13 Å². The van der Waals surface area contributed by atoms with Gasteiger partial charge in [-0.1, -0.05) is 81.1 Å². The zero-order valence-electron chi connectivity index (χ0n) is 13.9. The maximum atomic E-state index is 12.4. The van der Waals surface area contributed by atoms with E-state index in [-0.39, 0.29) is 5.91 Å². The summed E-state index contributed by atoms with van der Waals surface area (Å²) in [6.07, 6.45) is 2.82. The number of hydrogen-bond donors (Lipinski definition) is 1. The molecule has 0 aliphatic rings. The predicted molar refractivity (Wildman–Crippen MR) is 118 cm³/mol. The van der Waals surface area contributed by atoms with Crippen molar-refractivity contribution in [3.63, 3.8) is 0 Å². The van der Waals surface area contributed by atoms with Crippen LogP contribution in [0.25, 0.3) is 0 Å². The Balaban J connectivity index is 1.62. The maximum absolute atomic E-state index is 12.4. The number of amides is 1. The monoisotopic (exact) mass is 502 g/mol. The largest absolute Gasteiger partial charge is 0.301 e. The lowest BCUT2D eigenvalue weighted by molar-refractivity contribution is -0.115. The number of carbonyl (C=O) groups is 1. The highest BCUT2D eigenvalue weighted by molar-refractivity contribution is 9.10. The van der Waals surface area contributed by atoms with Crippen LogP contribution in [0.15, 0.2) is 48.7 Å². The quantitative estimate of drug-likeness (QED) is 0.383. The van der Waals surface area contributed by atoms with Gasteiger partial charge >= 0.3 is 0 Å². The van der Waals surface area contributed by atoms with Crippen molar-refractivity contribution >= 4 is 73.1 Å². The molecule has 0 radical (unpaired) electrons. The molecule has 0 spiro atoms. The minimum absolute atomic E-state index is 0.170. The highest BCUT2D eigenvalue weighted by atomic mass is 79.9. The van der Waals surface area contributed by atoms with Gasteiger partial charge in [0.2, 0.25) is 5.91 Å². The third kappa shape index (κ3) is 5.46. The zero-order chi connectivity index (χ0) is 19.4. The van der Waals surface area contributed by atoms with Gasteiger partial charge in [-0.25, -0.2) is 4.98 Å². The molecule has 0 unspecified atom stereocenters. The second kappa shape index (κ2) is 9.39. The number of aromatic nitrogens is 1. The minimum atomic E-state index is -0.410. The van der Waals surface area contributed by atoms with Gasteiger partial charge < -0.3 is 5.32 Å². The molecular weight excluding hydrogens is 491 g/mol. The fraction of sp³-hybridized carbons (Fsp3) is 0.158. The summed E-state index contributed by atoms with van der Waals surface area (Å²) in [6.45, 7) is 0. The molecular formula is C19H14BrCl3N2OS. The van der Waals surface area contributed by atoms with Crippen molar-refractivity contribution in [3.8, 4) is 0 Å². The van der Waals surface area contributed by atoms with Gasteiger partial charge in [0.05, 0.1) is 14.9 Å². The van der Waals surface area contributed by atoms with Crippen molar-refractivity contribution in [2.45, 2.75) is 17.7 Å². The number of benzene rings is 2. The Bertz CT molecular complexity index is 964. The fourth-order valence-corrected chi connectivity index (χ4v) is 4.35. The van der Waals surface area contributed by atoms with E-state index in [1.54, 1.807) is 12.3 Å². The second-order valence-corrected chi connectivity index (χ2v) is 9.19. The molecule has 8 heteroatoms. The number of halogens is 4. The maximum Gasteiger partial charge on any atom is 0.240 e. The first-order valence-electron chi connectivity index (χ1n) is 8.00. The van der Waals surface area contributed by atoms with Crippen LogP contribution in [0.2, 0.25) is 15.1 Å². The summed E-state index contributed by atoms with van der Waals surface area (Å²) in [6, 6.07) is 13.0. The number of rotatable bonds is 6. The third-order valence-electron chi connectivity index (χ3n) is 3.82. The Kier molecular flexibility index (Phi) is 7.17. The smallest absolute Gasteiger partial charge is 0.240 e. The standard InChI is InChI=1S/C19H14BrCl3N2OS/c20-14(9-11-4-1-2-6-15(11)21)18(26)25-19-24-10-13(27-19)8-12-5-3-7-16(22)17(12)23/h1-7,10,14H,8-9H2,(H,24,25,26)/t14-/m1/s1. The van der Waals surface area contributed by atoms with E-state index in [2.05, 4.69) is 26.2 Å². The van der Waals surface area contributed by atoms with Crippen molar-refractivity contribution in [1.82, 2.24) is 4.98 Å². The Hall–Kier alpha value is -1.11. The Morgan fingerprint density at radius 3 is 2.56 bits per heavy atom. The van der Waals surface area contributed by atoms with E-state index in [0.29, 0.717) is 33.0 Å². The summed E-state index contributed by atoms with van der Waals surface area (Å²) in [5.41, 5.74) is 1.83. The van der Waals surface area contributed by atoms with Gasteiger partial charge in [0.1, 0.15) is 0 Å². The van der Waals surface area contributed by atoms with E-state index in [1.165, 1.54) is 11.3 Å². The molecule has 3 rings (SSSR count). The molecule has 27 heavy (non-hydrogen) atoms. The van der Waals surface area contributed by atoms with E-state index in [1.807, 2.05) is 36.4 Å². The number of nitrogens with zero attached hydrogens (tertiary/aromatic N) is 1. The first-order valence-corrected chi connectivity index (χ1v) is 10.9. The van der Waals surface area contributed by atoms with Crippen LogP contribution in [0.4, 0.5) is 5.13 Å². The molecule has 0 aliphatic carbocycles. The summed E-state index contributed by atoms with van der Waals surface area (Å²) < 4.78 is 0. The van der Waals surface area contributed by atoms with E-state index in [0.717, 1.165) is 16.0 Å². The van der Waals surface area contributed by atoms with Crippen LogP contribution in [-0.4, -0.2) is 15.7 Å². The molecule has 0 bridgehead atoms. The van der Waals surface area contributed by atoms with E-state index < -0.39 is 4.83 Å². The lowest BCUT2D eigenvalue weighted by atomic mass is 10.1. The Morgan fingerprint density at radius 1 is 1.07 bits per heavy atom. The van der Waals surface area contributed by atoms with Crippen LogP contribution in [0.5, 0.6) is 0 Å². The molecule has 140 valence electrons. The first-order chi connectivity index (χ1) is 12.9. The molecule has 0 saturated heterocycles. The highest BCUT2D eigenvalue weighted by Gasteiger charge is 2.18. The topological polar surface area (TPSA) is 42.0 Å². The van der Waals surface area contributed by atoms with E-state index in [9.17, 15) is 4.79 Å². The first kappa shape index (κ1) is 20.6. The van der Waals surface area contributed by atoms with Crippen LogP contribution in [-0.2, 0) is 17.6 Å². The van der Waals surface area contributed by atoms with Crippen molar-refractivity contribution in [1.29, 1.82) is 0 Å². The van der Waals surface area contributed by atoms with Crippen LogP contribution >= 0.6 is 62.1 Å². The predicted octanol–water partition coefficient (Wildman–Crippen LogP) is 6.64. The van der Waals surface area contributed by atoms with Gasteiger partial charge in [0, 0.05) is 22.5 Å². The molecule has 2 aromatic carbocycles. The molecule has 0 saturated carbocycles. The Labute approximate surface area is 184 Å². The average Bonchev–Trinajstić information content (AvgIpc) is 3.08. The molecule has 0 aliphatic heterocycles. The van der Waals surface area contributed by atoms with Crippen LogP contribution in [0.3, 0.4) is 0 Å². The lowest BCUT2D eigenvalue weighted by Gasteiger charge is -2.10. The van der Waals surface area contributed by atoms with Crippen LogP contribution in [0.1, 0.15) is 16.0 Å². The number of thiazole rings is 1. The number of alkyl halides is 1. The normalized spacial score (nSPS) is 12.0. The molecule has 1 N–H and O–H groups in total. The number of carbonyl (C=O) groups excluding carboxylic acids is 1. The van der Waals surface area contributed by atoms with E-state index >= 15 is 0 Å². The van der Waals surface area contributed by atoms with Crippen molar-refractivity contribution in [2.24, 2.45) is 0 Å². The van der Waals surface area contributed by atoms with Gasteiger partial charge in [-0.3, -0.25) is 4.79 Å². The third-order valence-corrected chi connectivity index (χ3v) is 6.70. The van der Waals surface area contributed by atoms with Crippen molar-refractivity contribution in [2.75, 3.05) is 5.32 Å². The fourth-order valence-electron chi connectivity index (χ4n) is 2.45. The number of hydrogen-bond acceptors (Lipinski definition) is 3. The SMILES string of the molecule is O=C(Nc1ncc(Cc2cccc(Cl)c2Cl)s1)[C@H](Br)Cc1ccccc1Cl. The molecule has 3 nitrogen and oxygen atoms in total. The van der Waals surface area contributed by atoms with Gasteiger partial charge in [0.25, 0.3) is 0 Å². The van der Waals surface area contributed by atoms with Crippen LogP contribution in [0, 0.1) is 0 Å². The second-order valence-electron chi connectivity index (χ2n) is 5.77. The number of anilines is 1. The average molecular weight is 505 g/mol. The molecule has 3 aromatic rings. The van der Waals surface area contributed by atoms with Gasteiger partial charge in [-0.2, -0.15) is 0 Å². The summed E-state index contributed by atoms with van der Waals surface area (Å²) in [7, 11) is 0. The summed E-state index contributed by atoms with van der Waals surface area (Å²) >= 11 is 23.3. The van der Waals surface area contributed by atoms with Crippen LogP contribution < -0.4 is 5.32 Å². The van der Waals surface area contributed by atoms with Gasteiger partial charge in [-0.05, 0) is 29.7 Å². The van der Waals surface area contributed by atoms with Crippen molar-refractivity contribution < 1.29 is 4.79 Å². The molecule has 1 amide bonds. The molecule has 1 atom stereocenters. The minimum Gasteiger partial charge on any atom is -0.301 e. The van der Waals surface area contributed by atoms with E-state index in [4.69, 9.17) is 34.8 Å². The highest BCUT2D eigenvalue weighted by Crippen LogP contribution is 2.30. The summed E-state index contributed by atoms with van der Waals surface area (Å²) in [4.78, 5) is 17.3. The zero-order valence-corrected chi connectivity index (χ0v) is 18.6. The number of nitrogens with one attached hydrogen (secondary N) is 1.